The molecule has 2 N–H and O–H groups in total. The first-order valence-electron chi connectivity index (χ1n) is 19.7. The molecule has 0 unspecified atom stereocenters. The van der Waals surface area contributed by atoms with Crippen LogP contribution in [0.1, 0.15) is 24.0 Å². The molecule has 1 amide bonds. The molecule has 6 aromatic rings. The Labute approximate surface area is 351 Å². The summed E-state index contributed by atoms with van der Waals surface area (Å²) in [6, 6.07) is 10.7. The van der Waals surface area contributed by atoms with Crippen LogP contribution in [0, 0.1) is 0 Å². The summed E-state index contributed by atoms with van der Waals surface area (Å²) in [7, 11) is 11.5. The Morgan fingerprint density at radius 3 is 1.39 bits per heavy atom. The van der Waals surface area contributed by atoms with E-state index in [2.05, 4.69) is 20.2 Å². The van der Waals surface area contributed by atoms with Crippen molar-refractivity contribution in [1.82, 2.24) is 34.2 Å². The van der Waals surface area contributed by atoms with Gasteiger partial charge >= 0.3 is 5.97 Å². The lowest BCUT2D eigenvalue weighted by Gasteiger charge is -2.39. The number of rotatable bonds is 12. The third kappa shape index (κ3) is 8.11. The summed E-state index contributed by atoms with van der Waals surface area (Å²) in [5.74, 6) is 1.76. The second kappa shape index (κ2) is 17.8. The Morgan fingerprint density at radius 1 is 0.672 bits per heavy atom. The fourth-order valence-corrected chi connectivity index (χ4v) is 8.08. The predicted octanol–water partition coefficient (Wildman–Crippen LogP) is 4.21. The molecular formula is C45H49N7O9. The Balaban J connectivity index is 0.000000184. The van der Waals surface area contributed by atoms with Crippen molar-refractivity contribution in [2.75, 3.05) is 48.6 Å². The summed E-state index contributed by atoms with van der Waals surface area (Å²) in [4.78, 5) is 60.6. The summed E-state index contributed by atoms with van der Waals surface area (Å²) >= 11 is 0. The normalized spacial score (nSPS) is 16.2. The second-order valence-electron chi connectivity index (χ2n) is 15.0. The number of aromatic nitrogens is 4. The number of hydrogen-bond donors (Lipinski definition) is 2. The highest BCUT2D eigenvalue weighted by atomic mass is 16.5. The van der Waals surface area contributed by atoms with Gasteiger partial charge < -0.3 is 38.5 Å². The molecule has 0 radical (unpaired) electrons. The van der Waals surface area contributed by atoms with Crippen LogP contribution in [0.25, 0.3) is 43.8 Å². The Hall–Kier alpha value is -6.78. The molecule has 0 aliphatic carbocycles. The first-order chi connectivity index (χ1) is 29.4. The Bertz CT molecular complexity index is 2720. The third-order valence-electron chi connectivity index (χ3n) is 11.6. The molecule has 16 nitrogen and oxygen atoms in total. The summed E-state index contributed by atoms with van der Waals surface area (Å²) in [6.45, 7) is 2.51. The highest BCUT2D eigenvalue weighted by Crippen LogP contribution is 2.40. The van der Waals surface area contributed by atoms with E-state index in [9.17, 15) is 24.3 Å². The van der Waals surface area contributed by atoms with Gasteiger partial charge in [-0.15, -0.1) is 0 Å². The van der Waals surface area contributed by atoms with E-state index in [1.807, 2.05) is 47.5 Å². The zero-order valence-electron chi connectivity index (χ0n) is 35.2. The number of nitrogens with zero attached hydrogens (tertiary/aromatic N) is 6. The fraction of sp³-hybridized carbons (Fsp3) is 0.333. The molecule has 2 fully saturated rings. The van der Waals surface area contributed by atoms with Gasteiger partial charge in [-0.3, -0.25) is 38.9 Å². The van der Waals surface area contributed by atoms with Crippen LogP contribution in [0.2, 0.25) is 0 Å². The summed E-state index contributed by atoms with van der Waals surface area (Å²) in [5, 5.41) is 14.8. The van der Waals surface area contributed by atoms with Gasteiger partial charge in [0.1, 0.15) is 29.0 Å². The van der Waals surface area contributed by atoms with E-state index < -0.39 is 12.0 Å². The number of nitrogens with one attached hydrogen (secondary N) is 1. The van der Waals surface area contributed by atoms with Crippen molar-refractivity contribution in [3.05, 3.63) is 105 Å². The van der Waals surface area contributed by atoms with Gasteiger partial charge in [-0.25, -0.2) is 0 Å². The largest absolute Gasteiger partial charge is 0.496 e. The Kier molecular flexibility index (Phi) is 12.4. The molecule has 318 valence electrons. The standard InChI is InChI=1S/C23H26N4O4.C22H23N3O5/c1-24-22(28)19-6-8-27(19)13-18-20(30-3)9-14(10-21(18)31-4)17-12-26(2)23(29)16-11-25-7-5-15(16)17;1-24-11-16(14-4-6-23-10-15(14)21(24)26)13-8-19(29-2)17(20(9-13)30-3)12-25-7-5-18(25)22(27)28/h5,7,9-12,19H,6,8,13H2,1-4H3,(H,24,28);4,6,8-11,18H,5,7,12H2,1-3H3,(H,27,28)/t19-;18-/m00/s1. The molecule has 8 rings (SSSR count). The third-order valence-corrected chi connectivity index (χ3v) is 11.6. The maximum Gasteiger partial charge on any atom is 0.320 e. The summed E-state index contributed by atoms with van der Waals surface area (Å²) in [5.41, 5.74) is 4.91. The molecule has 6 heterocycles. The minimum absolute atomic E-state index is 0.0195. The SMILES string of the molecule is CNC(=O)[C@@H]1CCN1Cc1c(OC)cc(-c2cn(C)c(=O)c3cnccc23)cc1OC.COc1cc(-c2cn(C)c(=O)c3cnccc23)cc(OC)c1CN1CC[C@H]1C(=O)O. The maximum atomic E-state index is 12.5. The molecule has 2 saturated heterocycles. The van der Waals surface area contributed by atoms with E-state index in [-0.39, 0.29) is 23.1 Å². The smallest absolute Gasteiger partial charge is 0.320 e. The minimum atomic E-state index is -0.818. The zero-order chi connectivity index (χ0) is 43.5. The van der Waals surface area contributed by atoms with Crippen LogP contribution in [0.3, 0.4) is 0 Å². The van der Waals surface area contributed by atoms with E-state index in [4.69, 9.17) is 18.9 Å². The molecule has 2 aliphatic rings. The molecule has 16 heteroatoms. The molecule has 0 bridgehead atoms. The minimum Gasteiger partial charge on any atom is -0.496 e. The molecular weight excluding hydrogens is 783 g/mol. The van der Waals surface area contributed by atoms with Crippen LogP contribution < -0.4 is 35.4 Å². The van der Waals surface area contributed by atoms with Crippen LogP contribution >= 0.6 is 0 Å². The first kappa shape index (κ1) is 42.3. The van der Waals surface area contributed by atoms with Gasteiger partial charge in [0.2, 0.25) is 5.91 Å². The van der Waals surface area contributed by atoms with Crippen molar-refractivity contribution in [3.8, 4) is 45.3 Å². The van der Waals surface area contributed by atoms with Gasteiger partial charge in [0, 0.05) is 95.6 Å². The number of aryl methyl sites for hydroxylation is 2. The highest BCUT2D eigenvalue weighted by molar-refractivity contribution is 5.97. The molecule has 61 heavy (non-hydrogen) atoms. The molecule has 0 saturated carbocycles. The van der Waals surface area contributed by atoms with Crippen LogP contribution in [0.15, 0.2) is 83.2 Å². The number of amides is 1. The van der Waals surface area contributed by atoms with Gasteiger partial charge in [0.05, 0.1) is 56.4 Å². The van der Waals surface area contributed by atoms with Crippen molar-refractivity contribution in [2.45, 2.75) is 38.0 Å². The van der Waals surface area contributed by atoms with Crippen LogP contribution in [-0.4, -0.2) is 107 Å². The number of aliphatic carboxylic acids is 1. The predicted molar refractivity (Wildman–Crippen MR) is 230 cm³/mol. The lowest BCUT2D eigenvalue weighted by atomic mass is 9.97. The van der Waals surface area contributed by atoms with E-state index in [1.54, 1.807) is 85.1 Å². The zero-order valence-corrected chi connectivity index (χ0v) is 35.2. The van der Waals surface area contributed by atoms with Gasteiger partial charge in [-0.05, 0) is 71.1 Å². The van der Waals surface area contributed by atoms with Crippen molar-refractivity contribution in [2.24, 2.45) is 14.1 Å². The van der Waals surface area contributed by atoms with Crippen molar-refractivity contribution in [1.29, 1.82) is 0 Å². The van der Waals surface area contributed by atoms with Gasteiger partial charge in [-0.1, -0.05) is 0 Å². The van der Waals surface area contributed by atoms with Crippen LogP contribution in [-0.2, 0) is 36.8 Å². The number of fused-ring (bicyclic) bond motifs is 2. The number of carbonyl (C=O) groups is 2. The number of likely N-dealkylation sites (tertiary alicyclic amines) is 2. The topological polar surface area (TPSA) is 180 Å². The number of ether oxygens (including phenoxy) is 4. The molecule has 0 spiro atoms. The van der Waals surface area contributed by atoms with Crippen LogP contribution in [0.5, 0.6) is 23.0 Å². The van der Waals surface area contributed by atoms with Crippen molar-refractivity contribution in [3.63, 3.8) is 0 Å². The van der Waals surface area contributed by atoms with E-state index >= 15 is 0 Å². The second-order valence-corrected chi connectivity index (χ2v) is 15.0. The average molecular weight is 832 g/mol. The molecule has 2 aliphatic heterocycles. The maximum absolute atomic E-state index is 12.5. The number of pyridine rings is 4. The van der Waals surface area contributed by atoms with E-state index in [0.717, 1.165) is 57.1 Å². The van der Waals surface area contributed by atoms with Crippen LogP contribution in [0.4, 0.5) is 0 Å². The first-order valence-corrected chi connectivity index (χ1v) is 19.7. The number of carboxylic acid groups (broad SMARTS) is 1. The lowest BCUT2D eigenvalue weighted by molar-refractivity contribution is -0.148. The average Bonchev–Trinajstić information content (AvgIpc) is 3.25. The number of benzene rings is 2. The number of carboxylic acids is 1. The molecule has 2 aromatic carbocycles. The van der Waals surface area contributed by atoms with Gasteiger partial charge in [0.15, 0.2) is 0 Å². The summed E-state index contributed by atoms with van der Waals surface area (Å²) in [6.07, 6.45) is 11.6. The van der Waals surface area contributed by atoms with Gasteiger partial charge in [-0.2, -0.15) is 0 Å². The molecule has 4 aromatic heterocycles. The quantitative estimate of drug-likeness (QED) is 0.179. The Morgan fingerprint density at radius 2 is 1.07 bits per heavy atom. The van der Waals surface area contributed by atoms with E-state index in [1.165, 1.54) is 4.57 Å². The van der Waals surface area contributed by atoms with Gasteiger partial charge in [0.25, 0.3) is 11.1 Å². The monoisotopic (exact) mass is 831 g/mol. The van der Waals surface area contributed by atoms with Crippen molar-refractivity contribution >= 4 is 33.4 Å². The summed E-state index contributed by atoms with van der Waals surface area (Å²) < 4.78 is 25.8. The van der Waals surface area contributed by atoms with E-state index in [0.29, 0.717) is 59.8 Å². The number of methoxy groups -OCH3 is 4. The number of hydrogen-bond acceptors (Lipinski definition) is 12. The number of carbonyl (C=O) groups excluding carboxylic acids is 1. The lowest BCUT2D eigenvalue weighted by Crippen LogP contribution is -2.54. The number of likely N-dealkylation sites (N-methyl/N-ethyl adjacent to an activating group) is 1. The fourth-order valence-electron chi connectivity index (χ4n) is 8.08. The molecule has 2 atom stereocenters. The highest BCUT2D eigenvalue weighted by Gasteiger charge is 2.36. The van der Waals surface area contributed by atoms with Crippen molar-refractivity contribution < 1.29 is 33.6 Å².